The monoisotopic (exact) mass is 828 g/mol. The number of nitrogens with zero attached hydrogens (tertiary/aromatic N) is 2. The molecule has 0 atom stereocenters. The molecule has 304 valence electrons. The fourth-order valence-corrected chi connectivity index (χ4v) is 9.93. The highest BCUT2D eigenvalue weighted by molar-refractivity contribution is 6.19. The van der Waals surface area contributed by atoms with Crippen LogP contribution in [-0.4, -0.2) is 4.57 Å². The summed E-state index contributed by atoms with van der Waals surface area (Å²) in [7, 11) is 0. The van der Waals surface area contributed by atoms with Gasteiger partial charge >= 0.3 is 0 Å². The molecule has 11 aromatic carbocycles. The van der Waals surface area contributed by atoms with Crippen molar-refractivity contribution in [1.82, 2.24) is 4.57 Å². The zero-order valence-corrected chi connectivity index (χ0v) is 35.4. The Balaban J connectivity index is 0.895. The first-order valence-corrected chi connectivity index (χ1v) is 22.2. The molecular formula is C62H40N2O. The van der Waals surface area contributed by atoms with Gasteiger partial charge in [-0.2, -0.15) is 0 Å². The Kier molecular flexibility index (Phi) is 8.53. The lowest BCUT2D eigenvalue weighted by Gasteiger charge is -2.26. The van der Waals surface area contributed by atoms with Crippen LogP contribution in [-0.2, 0) is 0 Å². The topological polar surface area (TPSA) is 21.3 Å². The van der Waals surface area contributed by atoms with E-state index in [1.165, 1.54) is 60.0 Å². The molecule has 3 heteroatoms. The van der Waals surface area contributed by atoms with Crippen LogP contribution in [0.3, 0.4) is 0 Å². The van der Waals surface area contributed by atoms with Gasteiger partial charge in [0, 0.05) is 49.7 Å². The Hall–Kier alpha value is -8.66. The summed E-state index contributed by atoms with van der Waals surface area (Å²) in [4.78, 5) is 2.35. The molecule has 0 unspecified atom stereocenters. The number of aromatic nitrogens is 1. The Morgan fingerprint density at radius 3 is 1.46 bits per heavy atom. The second kappa shape index (κ2) is 15.0. The second-order valence-corrected chi connectivity index (χ2v) is 16.9. The quantitative estimate of drug-likeness (QED) is 0.160. The summed E-state index contributed by atoms with van der Waals surface area (Å²) in [6.45, 7) is 0. The van der Waals surface area contributed by atoms with Crippen LogP contribution in [0.5, 0.6) is 0 Å². The normalized spacial score (nSPS) is 11.7. The minimum Gasteiger partial charge on any atom is -0.456 e. The van der Waals surface area contributed by atoms with Crippen molar-refractivity contribution in [3.63, 3.8) is 0 Å². The molecule has 0 N–H and O–H groups in total. The Bertz CT molecular complexity index is 3920. The van der Waals surface area contributed by atoms with Gasteiger partial charge in [-0.25, -0.2) is 0 Å². The van der Waals surface area contributed by atoms with E-state index in [0.29, 0.717) is 0 Å². The van der Waals surface area contributed by atoms with Gasteiger partial charge in [0.15, 0.2) is 0 Å². The molecule has 0 bridgehead atoms. The molecule has 0 saturated carbocycles. The van der Waals surface area contributed by atoms with Crippen molar-refractivity contribution in [3.05, 3.63) is 243 Å². The summed E-state index contributed by atoms with van der Waals surface area (Å²) < 4.78 is 8.70. The first kappa shape index (κ1) is 36.9. The first-order chi connectivity index (χ1) is 32.2. The summed E-state index contributed by atoms with van der Waals surface area (Å²) in [5.41, 5.74) is 15.6. The fraction of sp³-hybridized carbons (Fsp3) is 0. The minimum absolute atomic E-state index is 0.898. The van der Waals surface area contributed by atoms with Gasteiger partial charge in [-0.05, 0) is 128 Å². The van der Waals surface area contributed by atoms with Crippen molar-refractivity contribution in [3.8, 4) is 39.1 Å². The van der Waals surface area contributed by atoms with Gasteiger partial charge in [-0.1, -0.05) is 164 Å². The maximum atomic E-state index is 6.26. The number of anilines is 3. The average Bonchev–Trinajstić information content (AvgIpc) is 3.92. The lowest BCUT2D eigenvalue weighted by atomic mass is 10.00. The highest BCUT2D eigenvalue weighted by Crippen LogP contribution is 2.41. The summed E-state index contributed by atoms with van der Waals surface area (Å²) in [5, 5.41) is 9.75. The van der Waals surface area contributed by atoms with E-state index in [4.69, 9.17) is 4.42 Å². The summed E-state index contributed by atoms with van der Waals surface area (Å²) >= 11 is 0. The molecule has 0 aliphatic heterocycles. The molecule has 3 nitrogen and oxygen atoms in total. The first-order valence-electron chi connectivity index (χ1n) is 22.2. The number of hydrogen-bond donors (Lipinski definition) is 0. The number of hydrogen-bond acceptors (Lipinski definition) is 2. The van der Waals surface area contributed by atoms with Gasteiger partial charge in [0.25, 0.3) is 0 Å². The second-order valence-electron chi connectivity index (χ2n) is 16.9. The predicted octanol–water partition coefficient (Wildman–Crippen LogP) is 17.5. The van der Waals surface area contributed by atoms with Gasteiger partial charge in [0.2, 0.25) is 0 Å². The third-order valence-electron chi connectivity index (χ3n) is 13.2. The van der Waals surface area contributed by atoms with Crippen LogP contribution < -0.4 is 4.90 Å². The van der Waals surface area contributed by atoms with Gasteiger partial charge in [0.05, 0.1) is 11.0 Å². The van der Waals surface area contributed by atoms with Crippen LogP contribution in [0.25, 0.3) is 104 Å². The van der Waals surface area contributed by atoms with Crippen molar-refractivity contribution in [2.75, 3.05) is 4.90 Å². The molecule has 0 fully saturated rings. The smallest absolute Gasteiger partial charge is 0.136 e. The number of para-hydroxylation sites is 2. The Morgan fingerprint density at radius 1 is 0.292 bits per heavy atom. The van der Waals surface area contributed by atoms with Crippen LogP contribution in [0.4, 0.5) is 17.1 Å². The molecule has 2 aromatic heterocycles. The zero-order chi connectivity index (χ0) is 42.8. The molecule has 13 rings (SSSR count). The number of furan rings is 1. The molecule has 0 aliphatic carbocycles. The van der Waals surface area contributed by atoms with E-state index in [0.717, 1.165) is 61.4 Å². The predicted molar refractivity (Wildman–Crippen MR) is 274 cm³/mol. The number of fused-ring (bicyclic) bond motifs is 9. The van der Waals surface area contributed by atoms with Gasteiger partial charge in [0.1, 0.15) is 11.2 Å². The van der Waals surface area contributed by atoms with Crippen LogP contribution in [0.1, 0.15) is 0 Å². The van der Waals surface area contributed by atoms with Crippen molar-refractivity contribution in [2.24, 2.45) is 0 Å². The van der Waals surface area contributed by atoms with E-state index < -0.39 is 0 Å². The van der Waals surface area contributed by atoms with Gasteiger partial charge in [-0.15, -0.1) is 0 Å². The Morgan fingerprint density at radius 2 is 0.769 bits per heavy atom. The van der Waals surface area contributed by atoms with Gasteiger partial charge in [-0.3, -0.25) is 0 Å². The molecule has 0 amide bonds. The van der Waals surface area contributed by atoms with Crippen molar-refractivity contribution < 1.29 is 4.42 Å². The lowest BCUT2D eigenvalue weighted by Crippen LogP contribution is -2.09. The molecule has 13 aromatic rings. The van der Waals surface area contributed by atoms with Crippen LogP contribution >= 0.6 is 0 Å². The van der Waals surface area contributed by atoms with Crippen LogP contribution in [0, 0.1) is 0 Å². The molecule has 2 heterocycles. The maximum Gasteiger partial charge on any atom is 0.136 e. The largest absolute Gasteiger partial charge is 0.456 e. The third-order valence-corrected chi connectivity index (χ3v) is 13.2. The number of benzene rings is 11. The zero-order valence-electron chi connectivity index (χ0n) is 35.4. The highest BCUT2D eigenvalue weighted by Gasteiger charge is 2.18. The molecule has 0 aliphatic rings. The average molecular weight is 829 g/mol. The number of rotatable bonds is 7. The molecule has 0 saturated heterocycles. The van der Waals surface area contributed by atoms with E-state index in [1.807, 2.05) is 12.1 Å². The summed E-state index contributed by atoms with van der Waals surface area (Å²) in [5.74, 6) is 0. The van der Waals surface area contributed by atoms with Gasteiger partial charge < -0.3 is 13.9 Å². The molecular weight excluding hydrogens is 789 g/mol. The molecule has 0 spiro atoms. The molecule has 0 radical (unpaired) electrons. The molecule has 65 heavy (non-hydrogen) atoms. The van der Waals surface area contributed by atoms with Crippen molar-refractivity contribution in [2.45, 2.75) is 0 Å². The van der Waals surface area contributed by atoms with E-state index >= 15 is 0 Å². The van der Waals surface area contributed by atoms with E-state index in [-0.39, 0.29) is 0 Å². The Labute approximate surface area is 376 Å². The summed E-state index contributed by atoms with van der Waals surface area (Å²) in [6.07, 6.45) is 0. The SMILES string of the molecule is c1ccc(-n2c3cc(-c4ccc(N(c5ccc(-c6ccc7ccccc7c6)cc5)c5ccc(-c6ccc7c(c6)oc6ccccc67)cc5)cc4)ccc3c3ccc4ccccc4c32)cc1. The van der Waals surface area contributed by atoms with Crippen LogP contribution in [0.2, 0.25) is 0 Å². The van der Waals surface area contributed by atoms with E-state index in [1.54, 1.807) is 0 Å². The van der Waals surface area contributed by atoms with Crippen LogP contribution in [0.15, 0.2) is 247 Å². The fourth-order valence-electron chi connectivity index (χ4n) is 9.93. The van der Waals surface area contributed by atoms with E-state index in [2.05, 4.69) is 240 Å². The standard InChI is InChI=1S/C62H40N2O/c1-2-13-50(14-3-1)64-59-39-48(27-35-55(59)58-37-26-45-11-6-7-15-54(45)62(58)64)43-22-31-52(32-23-43)63(51-29-20-42(21-30-51)47-19-18-41-10-4-5-12-46(41)38-47)53-33-24-44(25-34-53)49-28-36-57-56-16-8-9-17-60(56)65-61(57)40-49/h1-40H. The van der Waals surface area contributed by atoms with Crippen molar-refractivity contribution in [1.29, 1.82) is 0 Å². The highest BCUT2D eigenvalue weighted by atomic mass is 16.3. The van der Waals surface area contributed by atoms with E-state index in [9.17, 15) is 0 Å². The summed E-state index contributed by atoms with van der Waals surface area (Å²) in [6, 6.07) is 87.8. The minimum atomic E-state index is 0.898. The third kappa shape index (κ3) is 6.28. The lowest BCUT2D eigenvalue weighted by molar-refractivity contribution is 0.669. The van der Waals surface area contributed by atoms with Crippen molar-refractivity contribution >= 4 is 82.4 Å². The maximum absolute atomic E-state index is 6.26.